The third kappa shape index (κ3) is 6.13. The van der Waals surface area contributed by atoms with Crippen LogP contribution in [0.3, 0.4) is 0 Å². The first-order valence-electron chi connectivity index (χ1n) is 8.85. The van der Waals surface area contributed by atoms with Gasteiger partial charge in [0.15, 0.2) is 11.5 Å². The van der Waals surface area contributed by atoms with E-state index in [1.54, 1.807) is 6.07 Å². The van der Waals surface area contributed by atoms with Gasteiger partial charge in [-0.05, 0) is 48.9 Å². The molecule has 0 aliphatic heterocycles. The summed E-state index contributed by atoms with van der Waals surface area (Å²) in [7, 11) is 1.44. The normalized spacial score (nSPS) is 10.9. The number of alkyl halides is 3. The Labute approximate surface area is 166 Å². The molecule has 0 heterocycles. The van der Waals surface area contributed by atoms with Gasteiger partial charge in [-0.15, -0.1) is 0 Å². The average molecular weight is 410 g/mol. The fraction of sp³-hybridized carbons (Fsp3) is 0.300. The number of amides is 2. The van der Waals surface area contributed by atoms with Gasteiger partial charge in [0.05, 0.1) is 19.3 Å². The second-order valence-corrected chi connectivity index (χ2v) is 6.05. The van der Waals surface area contributed by atoms with Crippen molar-refractivity contribution >= 4 is 11.8 Å². The summed E-state index contributed by atoms with van der Waals surface area (Å²) in [6.07, 6.45) is -2.64. The topological polar surface area (TPSA) is 76.7 Å². The van der Waals surface area contributed by atoms with Gasteiger partial charge >= 0.3 is 6.18 Å². The first-order valence-corrected chi connectivity index (χ1v) is 8.85. The summed E-state index contributed by atoms with van der Waals surface area (Å²) in [6, 6.07) is 8.18. The Kier molecular flexibility index (Phi) is 7.46. The number of carbonyl (C=O) groups is 2. The van der Waals surface area contributed by atoms with Crippen molar-refractivity contribution < 1.29 is 32.2 Å². The number of benzene rings is 2. The molecule has 2 N–H and O–H groups in total. The predicted octanol–water partition coefficient (Wildman–Crippen LogP) is 3.97. The van der Waals surface area contributed by atoms with Gasteiger partial charge < -0.3 is 9.47 Å². The number of methoxy groups -OCH3 is 1. The summed E-state index contributed by atoms with van der Waals surface area (Å²) in [6.45, 7) is 2.55. The largest absolute Gasteiger partial charge is 0.493 e. The quantitative estimate of drug-likeness (QED) is 0.535. The van der Waals surface area contributed by atoms with Crippen LogP contribution in [-0.2, 0) is 6.18 Å². The Hall–Kier alpha value is -3.23. The molecule has 9 heteroatoms. The molecule has 0 radical (unpaired) electrons. The third-order valence-electron chi connectivity index (χ3n) is 3.95. The van der Waals surface area contributed by atoms with Gasteiger partial charge in [0.25, 0.3) is 11.8 Å². The van der Waals surface area contributed by atoms with Crippen molar-refractivity contribution in [1.82, 2.24) is 10.9 Å². The van der Waals surface area contributed by atoms with Crippen LogP contribution in [0.15, 0.2) is 42.5 Å². The minimum Gasteiger partial charge on any atom is -0.493 e. The number of nitrogens with one attached hydrogen (secondary N) is 2. The maximum atomic E-state index is 12.6. The molecule has 0 fully saturated rings. The number of ether oxygens (including phenoxy) is 2. The van der Waals surface area contributed by atoms with E-state index in [1.165, 1.54) is 19.2 Å². The Morgan fingerprint density at radius 2 is 1.52 bits per heavy atom. The maximum absolute atomic E-state index is 12.6. The molecule has 0 unspecified atom stereocenters. The molecular weight excluding hydrogens is 389 g/mol. The van der Waals surface area contributed by atoms with Crippen molar-refractivity contribution in [1.29, 1.82) is 0 Å². The Bertz CT molecular complexity index is 852. The van der Waals surface area contributed by atoms with E-state index in [1.807, 2.05) is 6.92 Å². The highest BCUT2D eigenvalue weighted by Crippen LogP contribution is 2.29. The van der Waals surface area contributed by atoms with Gasteiger partial charge in [0.2, 0.25) is 0 Å². The third-order valence-corrected chi connectivity index (χ3v) is 3.95. The van der Waals surface area contributed by atoms with Gasteiger partial charge in [-0.25, -0.2) is 0 Å². The summed E-state index contributed by atoms with van der Waals surface area (Å²) in [5, 5.41) is 0. The van der Waals surface area contributed by atoms with Gasteiger partial charge in [-0.2, -0.15) is 13.2 Å². The summed E-state index contributed by atoms with van der Waals surface area (Å²) in [4.78, 5) is 24.2. The molecule has 0 saturated carbocycles. The first-order chi connectivity index (χ1) is 13.8. The van der Waals surface area contributed by atoms with E-state index in [-0.39, 0.29) is 11.1 Å². The van der Waals surface area contributed by atoms with Gasteiger partial charge in [0, 0.05) is 11.1 Å². The molecule has 6 nitrogen and oxygen atoms in total. The van der Waals surface area contributed by atoms with Gasteiger partial charge in [0.1, 0.15) is 0 Å². The molecule has 0 atom stereocenters. The fourth-order valence-electron chi connectivity index (χ4n) is 2.32. The van der Waals surface area contributed by atoms with Gasteiger partial charge in [-0.3, -0.25) is 20.4 Å². The number of hydrogen-bond acceptors (Lipinski definition) is 4. The van der Waals surface area contributed by atoms with E-state index in [4.69, 9.17) is 9.47 Å². The zero-order valence-corrected chi connectivity index (χ0v) is 15.9. The number of hydrazine groups is 1. The smallest absolute Gasteiger partial charge is 0.416 e. The number of hydrogen-bond donors (Lipinski definition) is 2. The molecule has 0 aliphatic carbocycles. The molecule has 2 rings (SSSR count). The van der Waals surface area contributed by atoms with Crippen LogP contribution in [0.2, 0.25) is 0 Å². The maximum Gasteiger partial charge on any atom is 0.416 e. The Morgan fingerprint density at radius 3 is 2.07 bits per heavy atom. The highest BCUT2D eigenvalue weighted by Gasteiger charge is 2.30. The second kappa shape index (κ2) is 9.81. The van der Waals surface area contributed by atoms with Crippen molar-refractivity contribution in [2.45, 2.75) is 25.9 Å². The van der Waals surface area contributed by atoms with E-state index in [2.05, 4.69) is 10.9 Å². The summed E-state index contributed by atoms with van der Waals surface area (Å²) >= 11 is 0. The van der Waals surface area contributed by atoms with Crippen LogP contribution in [0.5, 0.6) is 11.5 Å². The minimum atomic E-state index is -4.49. The molecule has 2 aromatic carbocycles. The van der Waals surface area contributed by atoms with Crippen LogP contribution in [0, 0.1) is 0 Å². The molecule has 156 valence electrons. The zero-order chi connectivity index (χ0) is 21.4. The van der Waals surface area contributed by atoms with Crippen LogP contribution < -0.4 is 20.3 Å². The van der Waals surface area contributed by atoms with E-state index in [9.17, 15) is 22.8 Å². The molecule has 2 amide bonds. The van der Waals surface area contributed by atoms with E-state index in [0.29, 0.717) is 18.1 Å². The van der Waals surface area contributed by atoms with Crippen molar-refractivity contribution in [2.75, 3.05) is 13.7 Å². The number of unbranched alkanes of at least 4 members (excludes halogenated alkanes) is 1. The molecule has 0 aromatic heterocycles. The van der Waals surface area contributed by atoms with Crippen LogP contribution in [0.1, 0.15) is 46.0 Å². The molecule has 2 aromatic rings. The molecule has 0 saturated heterocycles. The molecular formula is C20H21F3N2O4. The number of halogens is 3. The van der Waals surface area contributed by atoms with Crippen molar-refractivity contribution in [3.05, 3.63) is 59.2 Å². The zero-order valence-electron chi connectivity index (χ0n) is 15.9. The lowest BCUT2D eigenvalue weighted by Crippen LogP contribution is -2.41. The van der Waals surface area contributed by atoms with Crippen LogP contribution >= 0.6 is 0 Å². The molecule has 29 heavy (non-hydrogen) atoms. The molecule has 0 bridgehead atoms. The Balaban J connectivity index is 1.98. The minimum absolute atomic E-state index is 0.0319. The van der Waals surface area contributed by atoms with E-state index in [0.717, 1.165) is 37.1 Å². The number of carbonyl (C=O) groups excluding carboxylic acids is 2. The second-order valence-electron chi connectivity index (χ2n) is 6.05. The van der Waals surface area contributed by atoms with Crippen LogP contribution in [-0.4, -0.2) is 25.5 Å². The van der Waals surface area contributed by atoms with E-state index < -0.39 is 23.6 Å². The van der Waals surface area contributed by atoms with Gasteiger partial charge in [-0.1, -0.05) is 13.3 Å². The summed E-state index contributed by atoms with van der Waals surface area (Å²) < 4.78 is 48.5. The summed E-state index contributed by atoms with van der Waals surface area (Å²) in [5.41, 5.74) is 3.67. The standard InChI is InChI=1S/C20H21F3N2O4/c1-3-4-11-29-16-10-7-14(12-17(16)28-2)19(27)25-24-18(26)13-5-8-15(9-6-13)20(21,22)23/h5-10,12H,3-4,11H2,1-2H3,(H,24,26)(H,25,27). The molecule has 0 aliphatic rings. The first kappa shape index (κ1) is 22.1. The lowest BCUT2D eigenvalue weighted by molar-refractivity contribution is -0.137. The lowest BCUT2D eigenvalue weighted by Gasteiger charge is -2.12. The predicted molar refractivity (Wildman–Crippen MR) is 99.8 cm³/mol. The SMILES string of the molecule is CCCCOc1ccc(C(=O)NNC(=O)c2ccc(C(F)(F)F)cc2)cc1OC. The molecule has 0 spiro atoms. The Morgan fingerprint density at radius 1 is 0.931 bits per heavy atom. The van der Waals surface area contributed by atoms with Crippen molar-refractivity contribution in [3.8, 4) is 11.5 Å². The lowest BCUT2D eigenvalue weighted by atomic mass is 10.1. The summed E-state index contributed by atoms with van der Waals surface area (Å²) in [5.74, 6) is -0.517. The average Bonchev–Trinajstić information content (AvgIpc) is 2.71. The highest BCUT2D eigenvalue weighted by molar-refractivity contribution is 5.99. The van der Waals surface area contributed by atoms with Crippen molar-refractivity contribution in [2.24, 2.45) is 0 Å². The number of rotatable bonds is 7. The van der Waals surface area contributed by atoms with Crippen molar-refractivity contribution in [3.63, 3.8) is 0 Å². The fourth-order valence-corrected chi connectivity index (χ4v) is 2.32. The monoisotopic (exact) mass is 410 g/mol. The van der Waals surface area contributed by atoms with Crippen LogP contribution in [0.25, 0.3) is 0 Å². The highest BCUT2D eigenvalue weighted by atomic mass is 19.4. The van der Waals surface area contributed by atoms with E-state index >= 15 is 0 Å². The van der Waals surface area contributed by atoms with Crippen LogP contribution in [0.4, 0.5) is 13.2 Å².